The van der Waals surface area contributed by atoms with Gasteiger partial charge in [-0.3, -0.25) is 4.79 Å². The summed E-state index contributed by atoms with van der Waals surface area (Å²) in [6.45, 7) is 6.01. The van der Waals surface area contributed by atoms with E-state index in [1.165, 1.54) is 0 Å². The maximum Gasteiger partial charge on any atom is 0.320 e. The fraction of sp³-hybridized carbons (Fsp3) is 0.652. The van der Waals surface area contributed by atoms with Crippen LogP contribution in [0.25, 0.3) is 0 Å². The number of hydrogen-bond acceptors (Lipinski definition) is 3. The molecule has 6 nitrogen and oxygen atoms in total. The third-order valence-corrected chi connectivity index (χ3v) is 7.03. The highest BCUT2D eigenvalue weighted by Gasteiger charge is 2.35. The molecule has 1 aromatic carbocycles. The van der Waals surface area contributed by atoms with Crippen LogP contribution < -0.4 is 5.32 Å². The third-order valence-electron chi connectivity index (χ3n) is 7.03. The van der Waals surface area contributed by atoms with Crippen molar-refractivity contribution in [1.29, 1.82) is 0 Å². The molecule has 3 saturated heterocycles. The molecule has 3 fully saturated rings. The number of urea groups is 1. The van der Waals surface area contributed by atoms with Gasteiger partial charge in [0.25, 0.3) is 0 Å². The number of likely N-dealkylation sites (tertiary alicyclic amines) is 2. The van der Waals surface area contributed by atoms with Crippen molar-refractivity contribution in [2.75, 3.05) is 46.3 Å². The summed E-state index contributed by atoms with van der Waals surface area (Å²) < 4.78 is 0. The molecule has 3 aliphatic rings. The minimum Gasteiger partial charge on any atom is -0.342 e. The lowest BCUT2D eigenvalue weighted by Crippen LogP contribution is -2.48. The maximum atomic E-state index is 13.1. The number of nitrogens with one attached hydrogen (secondary N) is 1. The van der Waals surface area contributed by atoms with Crippen molar-refractivity contribution in [3.63, 3.8) is 0 Å². The summed E-state index contributed by atoms with van der Waals surface area (Å²) in [7, 11) is 1.86. The minimum absolute atomic E-state index is 0. The van der Waals surface area contributed by atoms with Gasteiger partial charge in [0.15, 0.2) is 0 Å². The zero-order valence-electron chi connectivity index (χ0n) is 18.0. The van der Waals surface area contributed by atoms with Crippen molar-refractivity contribution < 1.29 is 9.59 Å². The highest BCUT2D eigenvalue weighted by atomic mass is 35.5. The Kier molecular flexibility index (Phi) is 8.00. The van der Waals surface area contributed by atoms with E-state index in [1.807, 2.05) is 42.3 Å². The van der Waals surface area contributed by atoms with E-state index in [0.717, 1.165) is 69.3 Å². The van der Waals surface area contributed by atoms with Gasteiger partial charge in [0, 0.05) is 45.7 Å². The second-order valence-corrected chi connectivity index (χ2v) is 8.97. The topological polar surface area (TPSA) is 55.9 Å². The predicted octanol–water partition coefficient (Wildman–Crippen LogP) is 2.83. The lowest BCUT2D eigenvalue weighted by atomic mass is 9.92. The molecule has 1 N–H and O–H groups in total. The molecule has 0 aromatic heterocycles. The van der Waals surface area contributed by atoms with Crippen LogP contribution in [0.4, 0.5) is 4.79 Å². The number of rotatable bonds is 3. The Morgan fingerprint density at radius 2 is 1.50 bits per heavy atom. The number of hydrogen-bond donors (Lipinski definition) is 1. The predicted molar refractivity (Wildman–Crippen MR) is 121 cm³/mol. The van der Waals surface area contributed by atoms with Crippen LogP contribution in [-0.2, 0) is 11.3 Å². The van der Waals surface area contributed by atoms with Crippen LogP contribution in [0.5, 0.6) is 0 Å². The Morgan fingerprint density at radius 1 is 0.933 bits per heavy atom. The van der Waals surface area contributed by atoms with Crippen molar-refractivity contribution in [3.8, 4) is 0 Å². The smallest absolute Gasteiger partial charge is 0.320 e. The maximum absolute atomic E-state index is 13.1. The normalized spacial score (nSPS) is 24.6. The van der Waals surface area contributed by atoms with Crippen LogP contribution in [0.15, 0.2) is 30.3 Å². The molecule has 166 valence electrons. The summed E-state index contributed by atoms with van der Waals surface area (Å²) in [5.74, 6) is 1.89. The number of piperidine rings is 1. The fourth-order valence-corrected chi connectivity index (χ4v) is 5.18. The van der Waals surface area contributed by atoms with Gasteiger partial charge in [-0.1, -0.05) is 30.3 Å². The molecule has 0 unspecified atom stereocenters. The number of nitrogens with zero attached hydrogens (tertiary/aromatic N) is 3. The van der Waals surface area contributed by atoms with Crippen LogP contribution in [0.1, 0.15) is 31.2 Å². The van der Waals surface area contributed by atoms with Crippen molar-refractivity contribution in [2.45, 2.75) is 32.2 Å². The molecule has 0 spiro atoms. The first kappa shape index (κ1) is 22.9. The molecule has 0 saturated carbocycles. The monoisotopic (exact) mass is 434 g/mol. The molecular weight excluding hydrogens is 400 g/mol. The Morgan fingerprint density at radius 3 is 2.10 bits per heavy atom. The number of fused-ring (bicyclic) bond motifs is 1. The Labute approximate surface area is 186 Å². The standard InChI is InChI=1S/C23H34N4O2.ClH/c1-25(17-18-5-3-2-4-6-18)23(29)27-13-7-19(8-14-27)22(28)26-11-9-20-15-24-16-21(20)10-12-26;/h2-6,19-21,24H,7-17H2,1H3;1H/t20-,21+;. The number of halogens is 1. The lowest BCUT2D eigenvalue weighted by Gasteiger charge is -2.36. The van der Waals surface area contributed by atoms with E-state index in [9.17, 15) is 9.59 Å². The lowest BCUT2D eigenvalue weighted by molar-refractivity contribution is -0.136. The van der Waals surface area contributed by atoms with E-state index >= 15 is 0 Å². The van der Waals surface area contributed by atoms with E-state index in [4.69, 9.17) is 0 Å². The molecule has 3 aliphatic heterocycles. The zero-order valence-corrected chi connectivity index (χ0v) is 18.8. The summed E-state index contributed by atoms with van der Waals surface area (Å²) in [6, 6.07) is 10.1. The van der Waals surface area contributed by atoms with Crippen molar-refractivity contribution >= 4 is 24.3 Å². The molecular formula is C23H35ClN4O2. The zero-order chi connectivity index (χ0) is 20.2. The van der Waals surface area contributed by atoms with Gasteiger partial charge in [0.1, 0.15) is 0 Å². The SMILES string of the molecule is CN(Cc1ccccc1)C(=O)N1CCC(C(=O)N2CC[C@@H]3CNC[C@@H]3CC2)CC1.Cl. The highest BCUT2D eigenvalue weighted by molar-refractivity contribution is 5.85. The van der Waals surface area contributed by atoms with Crippen LogP contribution in [-0.4, -0.2) is 73.0 Å². The Bertz CT molecular complexity index is 694. The average Bonchev–Trinajstić information content (AvgIpc) is 3.11. The summed E-state index contributed by atoms with van der Waals surface area (Å²) in [5, 5.41) is 3.49. The molecule has 30 heavy (non-hydrogen) atoms. The van der Waals surface area contributed by atoms with Crippen LogP contribution >= 0.6 is 12.4 Å². The largest absolute Gasteiger partial charge is 0.342 e. The molecule has 2 atom stereocenters. The Balaban J connectivity index is 0.00000256. The molecule has 0 radical (unpaired) electrons. The third kappa shape index (κ3) is 5.27. The number of carbonyl (C=O) groups excluding carboxylic acids is 2. The van der Waals surface area contributed by atoms with Crippen molar-refractivity contribution in [1.82, 2.24) is 20.0 Å². The first-order valence-corrected chi connectivity index (χ1v) is 11.2. The van der Waals surface area contributed by atoms with E-state index in [-0.39, 0.29) is 24.4 Å². The fourth-order valence-electron chi connectivity index (χ4n) is 5.18. The van der Waals surface area contributed by atoms with Crippen molar-refractivity contribution in [3.05, 3.63) is 35.9 Å². The van der Waals surface area contributed by atoms with E-state index in [2.05, 4.69) is 10.2 Å². The quantitative estimate of drug-likeness (QED) is 0.795. The van der Waals surface area contributed by atoms with Crippen LogP contribution in [0, 0.1) is 17.8 Å². The van der Waals surface area contributed by atoms with Crippen LogP contribution in [0.2, 0.25) is 0 Å². The summed E-state index contributed by atoms with van der Waals surface area (Å²) in [4.78, 5) is 31.7. The van der Waals surface area contributed by atoms with Gasteiger partial charge in [0.05, 0.1) is 0 Å². The summed E-state index contributed by atoms with van der Waals surface area (Å²) in [5.41, 5.74) is 1.13. The first-order valence-electron chi connectivity index (χ1n) is 11.2. The molecule has 3 heterocycles. The molecule has 0 aliphatic carbocycles. The molecule has 0 bridgehead atoms. The molecule has 1 aromatic rings. The van der Waals surface area contributed by atoms with E-state index in [0.29, 0.717) is 25.5 Å². The molecule has 7 heteroatoms. The van der Waals surface area contributed by atoms with Gasteiger partial charge in [-0.25, -0.2) is 4.79 Å². The summed E-state index contributed by atoms with van der Waals surface area (Å²) in [6.07, 6.45) is 3.83. The van der Waals surface area contributed by atoms with Gasteiger partial charge >= 0.3 is 6.03 Å². The van der Waals surface area contributed by atoms with E-state index < -0.39 is 0 Å². The van der Waals surface area contributed by atoms with E-state index in [1.54, 1.807) is 4.90 Å². The van der Waals surface area contributed by atoms with Gasteiger partial charge in [-0.05, 0) is 56.2 Å². The average molecular weight is 435 g/mol. The minimum atomic E-state index is 0. The summed E-state index contributed by atoms with van der Waals surface area (Å²) >= 11 is 0. The van der Waals surface area contributed by atoms with Crippen LogP contribution in [0.3, 0.4) is 0 Å². The molecule has 4 rings (SSSR count). The van der Waals surface area contributed by atoms with Gasteiger partial charge in [-0.15, -0.1) is 12.4 Å². The molecule has 3 amide bonds. The highest BCUT2D eigenvalue weighted by Crippen LogP contribution is 2.29. The van der Waals surface area contributed by atoms with Gasteiger partial charge < -0.3 is 20.0 Å². The number of carbonyl (C=O) groups is 2. The van der Waals surface area contributed by atoms with Gasteiger partial charge in [-0.2, -0.15) is 0 Å². The second kappa shape index (κ2) is 10.5. The number of benzene rings is 1. The number of amides is 3. The first-order chi connectivity index (χ1) is 14.1. The van der Waals surface area contributed by atoms with Gasteiger partial charge in [0.2, 0.25) is 5.91 Å². The van der Waals surface area contributed by atoms with Crippen molar-refractivity contribution in [2.24, 2.45) is 17.8 Å². The Hall–Kier alpha value is -1.79. The second-order valence-electron chi connectivity index (χ2n) is 8.97.